The first-order chi connectivity index (χ1) is 3.77. The van der Waals surface area contributed by atoms with E-state index >= 15 is 0 Å². The van der Waals surface area contributed by atoms with E-state index in [0.29, 0.717) is 6.73 Å². The molecule has 48 valence electrons. The number of hydrogen-bond donors (Lipinski definition) is 1. The molecule has 0 bridgehead atoms. The average molecular weight is 115 g/mol. The van der Waals surface area contributed by atoms with Gasteiger partial charge in [0.15, 0.2) is 0 Å². The highest BCUT2D eigenvalue weighted by Gasteiger charge is 2.38. The molecule has 0 atom stereocenters. The second-order valence-corrected chi connectivity index (χ2v) is 2.59. The fourth-order valence-corrected chi connectivity index (χ4v) is 0.567. The van der Waals surface area contributed by atoms with Crippen molar-refractivity contribution in [2.24, 2.45) is 0 Å². The summed E-state index contributed by atoms with van der Waals surface area (Å²) in [6.45, 7) is 2.83. The van der Waals surface area contributed by atoms with Crippen LogP contribution >= 0.6 is 0 Å². The maximum atomic E-state index is 5.38. The lowest BCUT2D eigenvalue weighted by molar-refractivity contribution is 0.0372. The Hall–Kier alpha value is -0.0800. The molecule has 0 unspecified atom stereocenters. The van der Waals surface area contributed by atoms with Crippen molar-refractivity contribution in [1.29, 1.82) is 0 Å². The number of hydrogen-bond acceptors (Lipinski definition) is 2. The van der Waals surface area contributed by atoms with Crippen LogP contribution < -0.4 is 5.32 Å². The summed E-state index contributed by atoms with van der Waals surface area (Å²) < 4.78 is 5.38. The van der Waals surface area contributed by atoms with Gasteiger partial charge >= 0.3 is 0 Å². The molecular weight excluding hydrogens is 102 g/mol. The van der Waals surface area contributed by atoms with Gasteiger partial charge in [0.1, 0.15) is 0 Å². The molecule has 1 N–H and O–H groups in total. The van der Waals surface area contributed by atoms with E-state index in [4.69, 9.17) is 4.74 Å². The third kappa shape index (κ3) is 1.46. The van der Waals surface area contributed by atoms with Crippen LogP contribution in [0.1, 0.15) is 19.8 Å². The zero-order chi connectivity index (χ0) is 6.04. The van der Waals surface area contributed by atoms with E-state index in [1.54, 1.807) is 0 Å². The molecule has 0 aromatic carbocycles. The lowest BCUT2D eigenvalue weighted by atomic mass is 10.4. The third-order valence-electron chi connectivity index (χ3n) is 1.52. The fraction of sp³-hybridized carbons (Fsp3) is 1.00. The van der Waals surface area contributed by atoms with Crippen LogP contribution in [0.5, 0.6) is 0 Å². The Morgan fingerprint density at radius 2 is 2.25 bits per heavy atom. The second-order valence-electron chi connectivity index (χ2n) is 2.59. The van der Waals surface area contributed by atoms with Crippen molar-refractivity contribution < 1.29 is 4.74 Å². The summed E-state index contributed by atoms with van der Waals surface area (Å²) in [5, 5.41) is 2.94. The van der Waals surface area contributed by atoms with Crippen LogP contribution in [-0.4, -0.2) is 19.4 Å². The van der Waals surface area contributed by atoms with Gasteiger partial charge in [0.25, 0.3) is 0 Å². The summed E-state index contributed by atoms with van der Waals surface area (Å²) in [7, 11) is 1.89. The zero-order valence-electron chi connectivity index (χ0n) is 5.53. The summed E-state index contributed by atoms with van der Waals surface area (Å²) in [6, 6.07) is 0. The molecule has 0 radical (unpaired) electrons. The summed E-state index contributed by atoms with van der Waals surface area (Å²) in [5.74, 6) is 0. The van der Waals surface area contributed by atoms with E-state index in [1.807, 2.05) is 7.05 Å². The minimum absolute atomic E-state index is 0.239. The van der Waals surface area contributed by atoms with Crippen molar-refractivity contribution in [1.82, 2.24) is 5.32 Å². The van der Waals surface area contributed by atoms with Crippen molar-refractivity contribution >= 4 is 0 Å². The molecule has 8 heavy (non-hydrogen) atoms. The molecule has 1 fully saturated rings. The summed E-state index contributed by atoms with van der Waals surface area (Å²) in [6.07, 6.45) is 2.46. The Morgan fingerprint density at radius 1 is 1.62 bits per heavy atom. The Balaban J connectivity index is 2.01. The quantitative estimate of drug-likeness (QED) is 0.547. The normalized spacial score (nSPS) is 23.2. The summed E-state index contributed by atoms with van der Waals surface area (Å²) >= 11 is 0. The highest BCUT2D eigenvalue weighted by Crippen LogP contribution is 2.38. The first-order valence-electron chi connectivity index (χ1n) is 3.05. The summed E-state index contributed by atoms with van der Waals surface area (Å²) in [4.78, 5) is 0. The van der Waals surface area contributed by atoms with Crippen molar-refractivity contribution in [3.63, 3.8) is 0 Å². The third-order valence-corrected chi connectivity index (χ3v) is 1.52. The number of ether oxygens (including phenoxy) is 1. The van der Waals surface area contributed by atoms with Gasteiger partial charge in [-0.05, 0) is 26.8 Å². The van der Waals surface area contributed by atoms with Crippen LogP contribution in [0.15, 0.2) is 0 Å². The van der Waals surface area contributed by atoms with Gasteiger partial charge in [0, 0.05) is 0 Å². The van der Waals surface area contributed by atoms with Crippen molar-refractivity contribution in [3.05, 3.63) is 0 Å². The molecule has 0 spiro atoms. The van der Waals surface area contributed by atoms with E-state index in [9.17, 15) is 0 Å². The largest absolute Gasteiger partial charge is 0.360 e. The highest BCUT2D eigenvalue weighted by atomic mass is 16.5. The van der Waals surface area contributed by atoms with Crippen LogP contribution in [0.25, 0.3) is 0 Å². The van der Waals surface area contributed by atoms with Crippen LogP contribution in [0, 0.1) is 0 Å². The fourth-order valence-electron chi connectivity index (χ4n) is 0.567. The molecule has 0 saturated heterocycles. The lowest BCUT2D eigenvalue weighted by Crippen LogP contribution is -2.18. The standard InChI is InChI=1S/C6H13NO/c1-6(3-4-6)8-5-7-2/h7H,3-5H2,1-2H3. The van der Waals surface area contributed by atoms with Gasteiger partial charge in [-0.1, -0.05) is 0 Å². The van der Waals surface area contributed by atoms with E-state index < -0.39 is 0 Å². The molecule has 2 nitrogen and oxygen atoms in total. The minimum atomic E-state index is 0.239. The Labute approximate surface area is 50.2 Å². The van der Waals surface area contributed by atoms with Gasteiger partial charge < -0.3 is 4.74 Å². The lowest BCUT2D eigenvalue weighted by Gasteiger charge is -2.07. The van der Waals surface area contributed by atoms with Gasteiger partial charge in [0.2, 0.25) is 0 Å². The maximum absolute atomic E-state index is 5.38. The van der Waals surface area contributed by atoms with E-state index in [-0.39, 0.29) is 5.60 Å². The van der Waals surface area contributed by atoms with Gasteiger partial charge in [-0.3, -0.25) is 5.32 Å². The average Bonchev–Trinajstić information content (AvgIpc) is 2.45. The van der Waals surface area contributed by atoms with Crippen molar-refractivity contribution in [2.45, 2.75) is 25.4 Å². The molecule has 0 amide bonds. The van der Waals surface area contributed by atoms with Gasteiger partial charge in [0.05, 0.1) is 12.3 Å². The van der Waals surface area contributed by atoms with Crippen LogP contribution in [0.2, 0.25) is 0 Å². The number of rotatable bonds is 3. The molecule has 1 rings (SSSR count). The first-order valence-corrected chi connectivity index (χ1v) is 3.05. The van der Waals surface area contributed by atoms with Crippen LogP contribution in [0.3, 0.4) is 0 Å². The highest BCUT2D eigenvalue weighted by molar-refractivity contribution is 4.90. The van der Waals surface area contributed by atoms with Gasteiger partial charge in [-0.25, -0.2) is 0 Å². The molecule has 0 heterocycles. The van der Waals surface area contributed by atoms with Gasteiger partial charge in [-0.15, -0.1) is 0 Å². The van der Waals surface area contributed by atoms with Crippen molar-refractivity contribution in [2.75, 3.05) is 13.8 Å². The van der Waals surface area contributed by atoms with Crippen LogP contribution in [-0.2, 0) is 4.74 Å². The molecular formula is C6H13NO. The van der Waals surface area contributed by atoms with Gasteiger partial charge in [-0.2, -0.15) is 0 Å². The topological polar surface area (TPSA) is 21.3 Å². The van der Waals surface area contributed by atoms with E-state index in [2.05, 4.69) is 12.2 Å². The molecule has 0 aliphatic heterocycles. The molecule has 1 aliphatic rings. The van der Waals surface area contributed by atoms with E-state index in [1.165, 1.54) is 12.8 Å². The summed E-state index contributed by atoms with van der Waals surface area (Å²) in [5.41, 5.74) is 0.239. The molecule has 2 heteroatoms. The maximum Gasteiger partial charge on any atom is 0.0970 e. The predicted molar refractivity (Wildman–Crippen MR) is 32.7 cm³/mol. The minimum Gasteiger partial charge on any atom is -0.360 e. The van der Waals surface area contributed by atoms with Crippen LogP contribution in [0.4, 0.5) is 0 Å². The first kappa shape index (κ1) is 6.05. The second kappa shape index (κ2) is 2.03. The van der Waals surface area contributed by atoms with Crippen molar-refractivity contribution in [3.8, 4) is 0 Å². The predicted octanol–water partition coefficient (Wildman–Crippen LogP) is 0.732. The number of nitrogens with one attached hydrogen (secondary N) is 1. The SMILES string of the molecule is CNCOC1(C)CC1. The molecule has 0 aromatic rings. The van der Waals surface area contributed by atoms with E-state index in [0.717, 1.165) is 0 Å². The molecule has 1 saturated carbocycles. The zero-order valence-corrected chi connectivity index (χ0v) is 5.53. The molecule has 0 aromatic heterocycles. The Morgan fingerprint density at radius 3 is 2.62 bits per heavy atom. The Bertz CT molecular complexity index is 78.6. The molecule has 1 aliphatic carbocycles. The monoisotopic (exact) mass is 115 g/mol. The smallest absolute Gasteiger partial charge is 0.0970 e. The Kier molecular flexibility index (Phi) is 1.54.